The van der Waals surface area contributed by atoms with Crippen LogP contribution in [-0.2, 0) is 0 Å². The van der Waals surface area contributed by atoms with Gasteiger partial charge in [0.05, 0.1) is 6.04 Å². The second-order valence-corrected chi connectivity index (χ2v) is 4.23. The Morgan fingerprint density at radius 1 is 1.06 bits per heavy atom. The Bertz CT molecular complexity index is 668. The van der Waals surface area contributed by atoms with E-state index in [0.29, 0.717) is 0 Å². The van der Waals surface area contributed by atoms with Gasteiger partial charge in [0.1, 0.15) is 5.65 Å². The largest absolute Gasteiger partial charge is 0.322 e. The van der Waals surface area contributed by atoms with Crippen molar-refractivity contribution in [3.8, 4) is 0 Å². The molecule has 1 aromatic carbocycles. The highest BCUT2D eigenvalue weighted by molar-refractivity contribution is 5.76. The van der Waals surface area contributed by atoms with Crippen LogP contribution in [0, 0.1) is 0 Å². The molecule has 3 rings (SSSR count). The van der Waals surface area contributed by atoms with Gasteiger partial charge in [0.2, 0.25) is 0 Å². The molecule has 2 heteroatoms. The monoisotopic (exact) mass is 234 g/mol. The van der Waals surface area contributed by atoms with Crippen molar-refractivity contribution in [3.05, 3.63) is 79.1 Å². The molecule has 0 fully saturated rings. The normalized spacial score (nSPS) is 12.4. The van der Waals surface area contributed by atoms with Gasteiger partial charge in [-0.15, -0.1) is 6.58 Å². The van der Waals surface area contributed by atoms with E-state index in [1.165, 1.54) is 5.56 Å². The molecular weight excluding hydrogens is 220 g/mol. The van der Waals surface area contributed by atoms with E-state index in [4.69, 9.17) is 0 Å². The third kappa shape index (κ3) is 1.72. The van der Waals surface area contributed by atoms with Crippen LogP contribution in [-0.4, -0.2) is 9.55 Å². The van der Waals surface area contributed by atoms with Gasteiger partial charge in [0.25, 0.3) is 0 Å². The third-order valence-corrected chi connectivity index (χ3v) is 3.14. The number of aromatic nitrogens is 2. The van der Waals surface area contributed by atoms with E-state index in [2.05, 4.69) is 46.6 Å². The smallest absolute Gasteiger partial charge is 0.140 e. The van der Waals surface area contributed by atoms with Gasteiger partial charge in [0.15, 0.2) is 0 Å². The summed E-state index contributed by atoms with van der Waals surface area (Å²) in [7, 11) is 0. The van der Waals surface area contributed by atoms with Crippen LogP contribution in [0.3, 0.4) is 0 Å². The minimum atomic E-state index is 0.124. The van der Waals surface area contributed by atoms with Crippen LogP contribution in [0.1, 0.15) is 11.6 Å². The number of rotatable bonds is 3. The van der Waals surface area contributed by atoms with E-state index < -0.39 is 0 Å². The van der Waals surface area contributed by atoms with Crippen molar-refractivity contribution in [2.75, 3.05) is 0 Å². The fourth-order valence-electron chi connectivity index (χ4n) is 2.27. The lowest BCUT2D eigenvalue weighted by Crippen LogP contribution is -2.07. The first kappa shape index (κ1) is 10.8. The minimum Gasteiger partial charge on any atom is -0.322 e. The Hall–Kier alpha value is -2.35. The zero-order valence-electron chi connectivity index (χ0n) is 10.0. The van der Waals surface area contributed by atoms with Crippen LogP contribution >= 0.6 is 0 Å². The molecule has 0 aliphatic rings. The number of benzene rings is 1. The van der Waals surface area contributed by atoms with Crippen LogP contribution in [0.25, 0.3) is 11.0 Å². The van der Waals surface area contributed by atoms with Crippen molar-refractivity contribution in [1.82, 2.24) is 9.55 Å². The molecule has 0 N–H and O–H groups in total. The number of hydrogen-bond donors (Lipinski definition) is 0. The molecule has 0 spiro atoms. The summed E-state index contributed by atoms with van der Waals surface area (Å²) in [5.74, 6) is 0. The first-order valence-electron chi connectivity index (χ1n) is 5.99. The van der Waals surface area contributed by atoms with E-state index in [1.807, 2.05) is 36.5 Å². The van der Waals surface area contributed by atoms with E-state index in [0.717, 1.165) is 11.0 Å². The van der Waals surface area contributed by atoms with E-state index in [9.17, 15) is 0 Å². The summed E-state index contributed by atoms with van der Waals surface area (Å²) in [4.78, 5) is 4.45. The lowest BCUT2D eigenvalue weighted by atomic mass is 10.1. The lowest BCUT2D eigenvalue weighted by molar-refractivity contribution is 0.723. The quantitative estimate of drug-likeness (QED) is 0.630. The first-order valence-corrected chi connectivity index (χ1v) is 5.99. The predicted octanol–water partition coefficient (Wildman–Crippen LogP) is 3.81. The zero-order chi connectivity index (χ0) is 12.4. The molecule has 18 heavy (non-hydrogen) atoms. The minimum absolute atomic E-state index is 0.124. The van der Waals surface area contributed by atoms with Gasteiger partial charge in [-0.1, -0.05) is 36.4 Å². The molecular formula is C16H14N2. The molecule has 2 aromatic heterocycles. The van der Waals surface area contributed by atoms with Crippen molar-refractivity contribution >= 4 is 11.0 Å². The summed E-state index contributed by atoms with van der Waals surface area (Å²) in [5, 5.41) is 1.15. The maximum atomic E-state index is 4.45. The van der Waals surface area contributed by atoms with Gasteiger partial charge in [-0.25, -0.2) is 4.98 Å². The van der Waals surface area contributed by atoms with E-state index >= 15 is 0 Å². The second-order valence-electron chi connectivity index (χ2n) is 4.23. The van der Waals surface area contributed by atoms with Crippen LogP contribution in [0.15, 0.2) is 73.6 Å². The fourth-order valence-corrected chi connectivity index (χ4v) is 2.27. The molecule has 3 aromatic rings. The van der Waals surface area contributed by atoms with Crippen molar-refractivity contribution < 1.29 is 0 Å². The summed E-state index contributed by atoms with van der Waals surface area (Å²) in [6.45, 7) is 3.95. The Kier molecular flexibility index (Phi) is 2.69. The number of allylic oxidation sites excluding steroid dienone is 1. The molecule has 0 bridgehead atoms. The summed E-state index contributed by atoms with van der Waals surface area (Å²) >= 11 is 0. The van der Waals surface area contributed by atoms with Gasteiger partial charge in [0, 0.05) is 17.8 Å². The summed E-state index contributed by atoms with van der Waals surface area (Å²) < 4.78 is 2.15. The van der Waals surface area contributed by atoms with Crippen LogP contribution in [0.5, 0.6) is 0 Å². The molecule has 0 saturated carbocycles. The molecule has 0 aliphatic heterocycles. The van der Waals surface area contributed by atoms with Gasteiger partial charge >= 0.3 is 0 Å². The number of fused-ring (bicyclic) bond motifs is 1. The Morgan fingerprint density at radius 3 is 2.67 bits per heavy atom. The molecule has 1 unspecified atom stereocenters. The molecule has 88 valence electrons. The lowest BCUT2D eigenvalue weighted by Gasteiger charge is -2.16. The first-order chi connectivity index (χ1) is 8.90. The molecule has 2 nitrogen and oxygen atoms in total. The van der Waals surface area contributed by atoms with E-state index in [-0.39, 0.29) is 6.04 Å². The Labute approximate surface area is 106 Å². The Balaban J connectivity index is 2.15. The highest BCUT2D eigenvalue weighted by atomic mass is 15.0. The van der Waals surface area contributed by atoms with Crippen molar-refractivity contribution in [1.29, 1.82) is 0 Å². The van der Waals surface area contributed by atoms with E-state index in [1.54, 1.807) is 0 Å². The van der Waals surface area contributed by atoms with Gasteiger partial charge in [-0.3, -0.25) is 0 Å². The standard InChI is InChI=1S/C16H14N2/c1-2-15(13-7-4-3-5-8-13)18-12-10-14-9-6-11-17-16(14)18/h2-12,15H,1H2. The SMILES string of the molecule is C=CC(c1ccccc1)n1ccc2cccnc21. The van der Waals surface area contributed by atoms with Crippen molar-refractivity contribution in [2.24, 2.45) is 0 Å². The molecule has 2 heterocycles. The highest BCUT2D eigenvalue weighted by Gasteiger charge is 2.12. The second kappa shape index (κ2) is 4.49. The maximum Gasteiger partial charge on any atom is 0.140 e. The zero-order valence-corrected chi connectivity index (χ0v) is 10.0. The molecule has 0 amide bonds. The molecule has 0 saturated heterocycles. The molecule has 0 radical (unpaired) electrons. The predicted molar refractivity (Wildman–Crippen MR) is 74.5 cm³/mol. The summed E-state index contributed by atoms with van der Waals surface area (Å²) in [5.41, 5.74) is 2.21. The average molecular weight is 234 g/mol. The highest BCUT2D eigenvalue weighted by Crippen LogP contribution is 2.24. The molecule has 1 atom stereocenters. The van der Waals surface area contributed by atoms with Crippen molar-refractivity contribution in [2.45, 2.75) is 6.04 Å². The van der Waals surface area contributed by atoms with Gasteiger partial charge in [-0.2, -0.15) is 0 Å². The van der Waals surface area contributed by atoms with Crippen LogP contribution in [0.2, 0.25) is 0 Å². The van der Waals surface area contributed by atoms with Crippen LogP contribution in [0.4, 0.5) is 0 Å². The third-order valence-electron chi connectivity index (χ3n) is 3.14. The topological polar surface area (TPSA) is 17.8 Å². The average Bonchev–Trinajstić information content (AvgIpc) is 2.85. The number of pyridine rings is 1. The Morgan fingerprint density at radius 2 is 1.89 bits per heavy atom. The summed E-state index contributed by atoms with van der Waals surface area (Å²) in [6.07, 6.45) is 5.84. The van der Waals surface area contributed by atoms with Crippen molar-refractivity contribution in [3.63, 3.8) is 0 Å². The van der Waals surface area contributed by atoms with Gasteiger partial charge in [-0.05, 0) is 23.8 Å². The fraction of sp³-hybridized carbons (Fsp3) is 0.0625. The van der Waals surface area contributed by atoms with Crippen LogP contribution < -0.4 is 0 Å². The number of hydrogen-bond acceptors (Lipinski definition) is 1. The maximum absolute atomic E-state index is 4.45. The molecule has 0 aliphatic carbocycles. The number of nitrogens with zero attached hydrogens (tertiary/aromatic N) is 2. The summed E-state index contributed by atoms with van der Waals surface area (Å²) in [6, 6.07) is 16.6. The van der Waals surface area contributed by atoms with Gasteiger partial charge < -0.3 is 4.57 Å².